The van der Waals surface area contributed by atoms with Gasteiger partial charge in [0, 0.05) is 29.7 Å². The lowest BCUT2D eigenvalue weighted by atomic mass is 9.79. The zero-order valence-electron chi connectivity index (χ0n) is 11.6. The number of rotatable bonds is 6. The van der Waals surface area contributed by atoms with Crippen molar-refractivity contribution >= 4 is 10.8 Å². The fourth-order valence-corrected chi connectivity index (χ4v) is 4.44. The van der Waals surface area contributed by atoms with Gasteiger partial charge in [0.1, 0.15) is 0 Å². The van der Waals surface area contributed by atoms with E-state index in [-0.39, 0.29) is 0 Å². The summed E-state index contributed by atoms with van der Waals surface area (Å²) in [5.41, 5.74) is 0. The standard InChI is InChI=1S/C13H27NO2S/c1-10(2)11-5-6-12(14-3)13(9-11)17(15)8-7-16-4/h10-14H,5-9H2,1-4H3. The normalized spacial score (nSPS) is 31.7. The minimum atomic E-state index is -0.761. The first kappa shape index (κ1) is 15.1. The molecule has 1 N–H and O–H groups in total. The lowest BCUT2D eigenvalue weighted by Gasteiger charge is -2.37. The highest BCUT2D eigenvalue weighted by atomic mass is 32.2. The molecule has 0 aromatic heterocycles. The molecular weight excluding hydrogens is 234 g/mol. The molecule has 0 amide bonds. The number of hydrogen-bond donors (Lipinski definition) is 1. The molecule has 0 saturated heterocycles. The van der Waals surface area contributed by atoms with Crippen molar-refractivity contribution in [2.75, 3.05) is 26.5 Å². The van der Waals surface area contributed by atoms with Crippen LogP contribution in [0.3, 0.4) is 0 Å². The summed E-state index contributed by atoms with van der Waals surface area (Å²) < 4.78 is 17.3. The van der Waals surface area contributed by atoms with Gasteiger partial charge in [0.2, 0.25) is 0 Å². The third-order valence-electron chi connectivity index (χ3n) is 3.97. The summed E-state index contributed by atoms with van der Waals surface area (Å²) in [6.07, 6.45) is 3.52. The summed E-state index contributed by atoms with van der Waals surface area (Å²) in [5, 5.41) is 3.64. The van der Waals surface area contributed by atoms with Crippen LogP contribution in [0.5, 0.6) is 0 Å². The summed E-state index contributed by atoms with van der Waals surface area (Å²) in [4.78, 5) is 0. The summed E-state index contributed by atoms with van der Waals surface area (Å²) in [7, 11) is 2.90. The Bertz CT molecular complexity index is 246. The van der Waals surface area contributed by atoms with Crippen molar-refractivity contribution in [3.63, 3.8) is 0 Å². The van der Waals surface area contributed by atoms with Crippen LogP contribution in [-0.4, -0.2) is 42.0 Å². The first-order chi connectivity index (χ1) is 8.10. The molecule has 4 unspecified atom stereocenters. The molecule has 1 fully saturated rings. The zero-order valence-corrected chi connectivity index (χ0v) is 12.4. The number of ether oxygens (including phenoxy) is 1. The number of hydrogen-bond acceptors (Lipinski definition) is 3. The highest BCUT2D eigenvalue weighted by Gasteiger charge is 2.34. The summed E-state index contributed by atoms with van der Waals surface area (Å²) in [5.74, 6) is 2.11. The van der Waals surface area contributed by atoms with Crippen LogP contribution in [0.1, 0.15) is 33.1 Å². The average Bonchev–Trinajstić information content (AvgIpc) is 2.34. The van der Waals surface area contributed by atoms with Gasteiger partial charge in [-0.2, -0.15) is 0 Å². The molecule has 0 aromatic carbocycles. The number of methoxy groups -OCH3 is 1. The van der Waals surface area contributed by atoms with E-state index >= 15 is 0 Å². The lowest BCUT2D eigenvalue weighted by molar-refractivity contribution is 0.216. The molecule has 4 heteroatoms. The van der Waals surface area contributed by atoms with Gasteiger partial charge in [-0.3, -0.25) is 4.21 Å². The SMILES string of the molecule is CNC1CCC(C(C)C)CC1S(=O)CCOC. The Kier molecular flexibility index (Phi) is 6.67. The first-order valence-electron chi connectivity index (χ1n) is 6.63. The van der Waals surface area contributed by atoms with E-state index < -0.39 is 10.8 Å². The van der Waals surface area contributed by atoms with Crippen LogP contribution < -0.4 is 5.32 Å². The van der Waals surface area contributed by atoms with Crippen molar-refractivity contribution < 1.29 is 8.95 Å². The second-order valence-electron chi connectivity index (χ2n) is 5.33. The fourth-order valence-electron chi connectivity index (χ4n) is 2.70. The molecular formula is C13H27NO2S. The monoisotopic (exact) mass is 261 g/mol. The van der Waals surface area contributed by atoms with E-state index in [1.165, 1.54) is 6.42 Å². The Labute approximate surface area is 108 Å². The fraction of sp³-hybridized carbons (Fsp3) is 1.00. The van der Waals surface area contributed by atoms with Crippen molar-refractivity contribution in [2.24, 2.45) is 11.8 Å². The summed E-state index contributed by atoms with van der Waals surface area (Å²) >= 11 is 0. The van der Waals surface area contributed by atoms with Crippen LogP contribution in [0.2, 0.25) is 0 Å². The smallest absolute Gasteiger partial charge is 0.0577 e. The average molecular weight is 261 g/mol. The van der Waals surface area contributed by atoms with E-state index in [1.54, 1.807) is 7.11 Å². The quantitative estimate of drug-likeness (QED) is 0.792. The largest absolute Gasteiger partial charge is 0.384 e. The van der Waals surface area contributed by atoms with Crippen molar-refractivity contribution in [3.05, 3.63) is 0 Å². The summed E-state index contributed by atoms with van der Waals surface area (Å²) in [6, 6.07) is 0.419. The molecule has 0 spiro atoms. The van der Waals surface area contributed by atoms with E-state index in [9.17, 15) is 4.21 Å². The lowest BCUT2D eigenvalue weighted by Crippen LogP contribution is -2.46. The number of nitrogens with one attached hydrogen (secondary N) is 1. The van der Waals surface area contributed by atoms with Gasteiger partial charge in [-0.05, 0) is 38.1 Å². The van der Waals surface area contributed by atoms with Gasteiger partial charge in [-0.15, -0.1) is 0 Å². The van der Waals surface area contributed by atoms with Crippen molar-refractivity contribution in [1.82, 2.24) is 5.32 Å². The Hall–Kier alpha value is 0.0700. The molecule has 102 valence electrons. The molecule has 3 nitrogen and oxygen atoms in total. The van der Waals surface area contributed by atoms with Gasteiger partial charge in [-0.25, -0.2) is 0 Å². The molecule has 0 bridgehead atoms. The Balaban J connectivity index is 2.59. The molecule has 1 rings (SSSR count). The predicted octanol–water partition coefficient (Wildman–Crippen LogP) is 1.79. The summed E-state index contributed by atoms with van der Waals surface area (Å²) in [6.45, 7) is 5.16. The van der Waals surface area contributed by atoms with Crippen LogP contribution in [0.25, 0.3) is 0 Å². The molecule has 0 aromatic rings. The minimum Gasteiger partial charge on any atom is -0.384 e. The van der Waals surface area contributed by atoms with E-state index in [2.05, 4.69) is 19.2 Å². The van der Waals surface area contributed by atoms with Gasteiger partial charge in [0.25, 0.3) is 0 Å². The van der Waals surface area contributed by atoms with Crippen molar-refractivity contribution in [2.45, 2.75) is 44.4 Å². The second-order valence-corrected chi connectivity index (χ2v) is 7.10. The van der Waals surface area contributed by atoms with Gasteiger partial charge in [-0.1, -0.05) is 13.8 Å². The van der Waals surface area contributed by atoms with E-state index in [1.807, 2.05) is 7.05 Å². The van der Waals surface area contributed by atoms with Gasteiger partial charge in [0.05, 0.1) is 11.9 Å². The van der Waals surface area contributed by atoms with Crippen LogP contribution in [0, 0.1) is 11.8 Å². The third-order valence-corrected chi connectivity index (χ3v) is 5.74. The minimum absolute atomic E-state index is 0.302. The molecule has 0 heterocycles. The molecule has 17 heavy (non-hydrogen) atoms. The maximum atomic E-state index is 12.3. The molecule has 0 radical (unpaired) electrons. The predicted molar refractivity (Wildman–Crippen MR) is 73.7 cm³/mol. The topological polar surface area (TPSA) is 38.3 Å². The van der Waals surface area contributed by atoms with Gasteiger partial charge < -0.3 is 10.1 Å². The zero-order chi connectivity index (χ0) is 12.8. The van der Waals surface area contributed by atoms with E-state index in [0.29, 0.717) is 29.6 Å². The highest BCUT2D eigenvalue weighted by molar-refractivity contribution is 7.85. The Morgan fingerprint density at radius 2 is 2.12 bits per heavy atom. The molecule has 1 aliphatic rings. The Morgan fingerprint density at radius 3 is 2.65 bits per heavy atom. The van der Waals surface area contributed by atoms with Crippen LogP contribution in [-0.2, 0) is 15.5 Å². The molecule has 1 aliphatic carbocycles. The van der Waals surface area contributed by atoms with Crippen LogP contribution >= 0.6 is 0 Å². The van der Waals surface area contributed by atoms with Crippen molar-refractivity contribution in [3.8, 4) is 0 Å². The Morgan fingerprint density at radius 1 is 1.41 bits per heavy atom. The van der Waals surface area contributed by atoms with Crippen molar-refractivity contribution in [1.29, 1.82) is 0 Å². The third kappa shape index (κ3) is 4.34. The van der Waals surface area contributed by atoms with E-state index in [4.69, 9.17) is 4.74 Å². The van der Waals surface area contributed by atoms with Gasteiger partial charge in [0.15, 0.2) is 0 Å². The maximum absolute atomic E-state index is 12.3. The molecule has 4 atom stereocenters. The maximum Gasteiger partial charge on any atom is 0.0577 e. The molecule has 1 saturated carbocycles. The van der Waals surface area contributed by atoms with Crippen LogP contribution in [0.15, 0.2) is 0 Å². The second kappa shape index (κ2) is 7.49. The van der Waals surface area contributed by atoms with Gasteiger partial charge >= 0.3 is 0 Å². The van der Waals surface area contributed by atoms with E-state index in [0.717, 1.165) is 18.8 Å². The highest BCUT2D eigenvalue weighted by Crippen LogP contribution is 2.32. The molecule has 0 aliphatic heterocycles. The van der Waals surface area contributed by atoms with Crippen LogP contribution in [0.4, 0.5) is 0 Å². The first-order valence-corrected chi connectivity index (χ1v) is 8.01.